The van der Waals surface area contributed by atoms with Gasteiger partial charge in [0.25, 0.3) is 5.91 Å². The summed E-state index contributed by atoms with van der Waals surface area (Å²) in [5, 5.41) is 0. The molecule has 3 aliphatic rings. The number of aromatic amines is 1. The maximum Gasteiger partial charge on any atom is 0.270 e. The number of ether oxygens (including phenoxy) is 1. The van der Waals surface area contributed by atoms with Gasteiger partial charge in [-0.2, -0.15) is 0 Å². The lowest BCUT2D eigenvalue weighted by Gasteiger charge is -2.27. The van der Waals surface area contributed by atoms with Gasteiger partial charge in [-0.1, -0.05) is 0 Å². The summed E-state index contributed by atoms with van der Waals surface area (Å²) in [4.78, 5) is 20.1. The fraction of sp³-hybridized carbons (Fsp3) is 0.706. The summed E-state index contributed by atoms with van der Waals surface area (Å²) in [5.74, 6) is 0.660. The van der Waals surface area contributed by atoms with E-state index in [0.717, 1.165) is 26.1 Å². The first-order valence-electron chi connectivity index (χ1n) is 8.61. The third kappa shape index (κ3) is 2.57. The molecule has 3 heterocycles. The summed E-state index contributed by atoms with van der Waals surface area (Å²) in [6, 6.07) is 4.02. The quantitative estimate of drug-likeness (QED) is 0.901. The van der Waals surface area contributed by atoms with Gasteiger partial charge >= 0.3 is 0 Å². The molecule has 2 saturated heterocycles. The van der Waals surface area contributed by atoms with E-state index in [9.17, 15) is 4.79 Å². The third-order valence-electron chi connectivity index (χ3n) is 5.51. The van der Waals surface area contributed by atoms with Crippen LogP contribution in [0.25, 0.3) is 0 Å². The Morgan fingerprint density at radius 3 is 2.95 bits per heavy atom. The number of hydrogen-bond acceptors (Lipinski definition) is 3. The van der Waals surface area contributed by atoms with Gasteiger partial charge < -0.3 is 19.5 Å². The van der Waals surface area contributed by atoms with Gasteiger partial charge in [-0.25, -0.2) is 0 Å². The average Bonchev–Trinajstić information content (AvgIpc) is 3.32. The molecular formula is C17H25N3O2. The summed E-state index contributed by atoms with van der Waals surface area (Å²) < 4.78 is 6.20. The number of carbonyl (C=O) groups is 1. The van der Waals surface area contributed by atoms with Gasteiger partial charge in [-0.15, -0.1) is 0 Å². The van der Waals surface area contributed by atoms with Gasteiger partial charge in [0, 0.05) is 25.2 Å². The second-order valence-corrected chi connectivity index (χ2v) is 6.83. The zero-order valence-corrected chi connectivity index (χ0v) is 13.0. The van der Waals surface area contributed by atoms with Gasteiger partial charge in [-0.05, 0) is 50.9 Å². The molecule has 120 valence electrons. The number of carbonyl (C=O) groups excluding carboxylic acids is 1. The summed E-state index contributed by atoms with van der Waals surface area (Å²) >= 11 is 0. The van der Waals surface area contributed by atoms with E-state index >= 15 is 0 Å². The molecule has 3 unspecified atom stereocenters. The van der Waals surface area contributed by atoms with E-state index in [2.05, 4.69) is 9.88 Å². The van der Waals surface area contributed by atoms with E-state index in [1.807, 2.05) is 23.2 Å². The topological polar surface area (TPSA) is 48.6 Å². The SMILES string of the molecule is O=C(c1ccc[nH]1)N1CC2CCC1C2OCCN1CCCC1. The summed E-state index contributed by atoms with van der Waals surface area (Å²) in [6.45, 7) is 5.15. The molecule has 2 bridgehead atoms. The van der Waals surface area contributed by atoms with Crippen molar-refractivity contribution in [1.29, 1.82) is 0 Å². The van der Waals surface area contributed by atoms with Crippen molar-refractivity contribution in [3.8, 4) is 0 Å². The fourth-order valence-electron chi connectivity index (χ4n) is 4.37. The Labute approximate surface area is 131 Å². The molecule has 0 radical (unpaired) electrons. The Bertz CT molecular complexity index is 510. The molecule has 5 heteroatoms. The number of hydrogen-bond donors (Lipinski definition) is 1. The first-order valence-corrected chi connectivity index (χ1v) is 8.61. The highest BCUT2D eigenvalue weighted by molar-refractivity contribution is 5.93. The van der Waals surface area contributed by atoms with Gasteiger partial charge in [-0.3, -0.25) is 4.79 Å². The standard InChI is InChI=1S/C17H25N3O2/c21-17(14-4-3-7-18-14)20-12-13-5-6-15(20)16(13)22-11-10-19-8-1-2-9-19/h3-4,7,13,15-16,18H,1-2,5-6,8-12H2. The molecule has 5 nitrogen and oxygen atoms in total. The lowest BCUT2D eigenvalue weighted by atomic mass is 10.1. The monoisotopic (exact) mass is 303 g/mol. The van der Waals surface area contributed by atoms with Crippen LogP contribution in [0.5, 0.6) is 0 Å². The van der Waals surface area contributed by atoms with Crippen molar-refractivity contribution in [2.75, 3.05) is 32.8 Å². The maximum atomic E-state index is 12.6. The normalized spacial score (nSPS) is 31.3. The Morgan fingerprint density at radius 1 is 1.32 bits per heavy atom. The minimum Gasteiger partial charge on any atom is -0.374 e. The number of amides is 1. The molecular weight excluding hydrogens is 278 g/mol. The minimum absolute atomic E-state index is 0.130. The predicted molar refractivity (Wildman–Crippen MR) is 83.8 cm³/mol. The number of H-pyrrole nitrogens is 1. The Morgan fingerprint density at radius 2 is 2.18 bits per heavy atom. The minimum atomic E-state index is 0.130. The van der Waals surface area contributed by atoms with Crippen LogP contribution in [0.4, 0.5) is 0 Å². The van der Waals surface area contributed by atoms with Crippen LogP contribution in [0, 0.1) is 5.92 Å². The number of nitrogens with zero attached hydrogens (tertiary/aromatic N) is 2. The van der Waals surface area contributed by atoms with Crippen LogP contribution in [0.1, 0.15) is 36.2 Å². The van der Waals surface area contributed by atoms with Gasteiger partial charge in [0.15, 0.2) is 0 Å². The van der Waals surface area contributed by atoms with Crippen molar-refractivity contribution in [2.24, 2.45) is 5.92 Å². The second-order valence-electron chi connectivity index (χ2n) is 6.83. The number of nitrogens with one attached hydrogen (secondary N) is 1. The van der Waals surface area contributed by atoms with Crippen LogP contribution in [0.15, 0.2) is 18.3 Å². The van der Waals surface area contributed by atoms with Crippen molar-refractivity contribution >= 4 is 5.91 Å². The highest BCUT2D eigenvalue weighted by Gasteiger charge is 2.49. The Balaban J connectivity index is 1.33. The lowest BCUT2D eigenvalue weighted by molar-refractivity contribution is 0.0177. The number of aromatic nitrogens is 1. The third-order valence-corrected chi connectivity index (χ3v) is 5.51. The van der Waals surface area contributed by atoms with Crippen LogP contribution in [0.3, 0.4) is 0 Å². The van der Waals surface area contributed by atoms with Crippen LogP contribution in [-0.2, 0) is 4.74 Å². The Hall–Kier alpha value is -1.33. The van der Waals surface area contributed by atoms with Crippen molar-refractivity contribution in [3.63, 3.8) is 0 Å². The van der Waals surface area contributed by atoms with Crippen LogP contribution < -0.4 is 0 Å². The fourth-order valence-corrected chi connectivity index (χ4v) is 4.37. The van der Waals surface area contributed by atoms with Crippen molar-refractivity contribution in [1.82, 2.24) is 14.8 Å². The number of piperidine rings is 1. The first kappa shape index (κ1) is 14.3. The van der Waals surface area contributed by atoms with E-state index in [1.54, 1.807) is 0 Å². The largest absolute Gasteiger partial charge is 0.374 e. The molecule has 3 fully saturated rings. The van der Waals surface area contributed by atoms with E-state index in [4.69, 9.17) is 4.74 Å². The van der Waals surface area contributed by atoms with Gasteiger partial charge in [0.05, 0.1) is 18.8 Å². The predicted octanol–water partition coefficient (Wildman–Crippen LogP) is 1.73. The molecule has 4 rings (SSSR count). The van der Waals surface area contributed by atoms with E-state index in [-0.39, 0.29) is 18.1 Å². The summed E-state index contributed by atoms with van der Waals surface area (Å²) in [5.41, 5.74) is 0.698. The second kappa shape index (κ2) is 6.05. The van der Waals surface area contributed by atoms with Crippen molar-refractivity contribution in [2.45, 2.75) is 37.8 Å². The van der Waals surface area contributed by atoms with Crippen LogP contribution >= 0.6 is 0 Å². The number of rotatable bonds is 5. The Kier molecular flexibility index (Phi) is 3.92. The lowest BCUT2D eigenvalue weighted by Crippen LogP contribution is -2.40. The summed E-state index contributed by atoms with van der Waals surface area (Å²) in [6.07, 6.45) is 7.01. The number of likely N-dealkylation sites (tertiary alicyclic amines) is 2. The molecule has 1 N–H and O–H groups in total. The molecule has 0 spiro atoms. The molecule has 22 heavy (non-hydrogen) atoms. The molecule has 1 aliphatic carbocycles. The highest BCUT2D eigenvalue weighted by Crippen LogP contribution is 2.40. The maximum absolute atomic E-state index is 12.6. The zero-order valence-electron chi connectivity index (χ0n) is 13.0. The summed E-state index contributed by atoms with van der Waals surface area (Å²) in [7, 11) is 0. The highest BCUT2D eigenvalue weighted by atomic mass is 16.5. The van der Waals surface area contributed by atoms with Crippen molar-refractivity contribution in [3.05, 3.63) is 24.0 Å². The molecule has 1 aromatic rings. The van der Waals surface area contributed by atoms with Crippen LogP contribution in [-0.4, -0.2) is 65.6 Å². The van der Waals surface area contributed by atoms with Gasteiger partial charge in [0.1, 0.15) is 5.69 Å². The van der Waals surface area contributed by atoms with Crippen molar-refractivity contribution < 1.29 is 9.53 Å². The average molecular weight is 303 g/mol. The molecule has 0 aromatic carbocycles. The molecule has 3 atom stereocenters. The number of fused-ring (bicyclic) bond motifs is 2. The van der Waals surface area contributed by atoms with E-state index < -0.39 is 0 Å². The zero-order chi connectivity index (χ0) is 14.9. The van der Waals surface area contributed by atoms with Crippen LogP contribution in [0.2, 0.25) is 0 Å². The molecule has 1 amide bonds. The van der Waals surface area contributed by atoms with E-state index in [1.165, 1.54) is 32.4 Å². The molecule has 1 saturated carbocycles. The first-order chi connectivity index (χ1) is 10.8. The molecule has 1 aromatic heterocycles. The molecule has 2 aliphatic heterocycles. The smallest absolute Gasteiger partial charge is 0.270 e. The van der Waals surface area contributed by atoms with Gasteiger partial charge in [0.2, 0.25) is 0 Å². The van der Waals surface area contributed by atoms with E-state index in [0.29, 0.717) is 11.6 Å².